The molecule has 1 aliphatic rings. The number of aromatic nitrogens is 1. The van der Waals surface area contributed by atoms with Gasteiger partial charge < -0.3 is 0 Å². The van der Waals surface area contributed by atoms with Crippen LogP contribution in [0.2, 0.25) is 0 Å². The Morgan fingerprint density at radius 1 is 1.07 bits per heavy atom. The zero-order chi connectivity index (χ0) is 11.2. The third-order valence-electron chi connectivity index (χ3n) is 2.97. The normalized spacial score (nSPS) is 14.9. The number of aliphatic imine (C=N–C) groups is 1. The maximum Gasteiger partial charge on any atom is 0.172 e. The van der Waals surface area contributed by atoms with E-state index in [9.17, 15) is 4.79 Å². The van der Waals surface area contributed by atoms with Crippen LogP contribution in [0.25, 0.3) is 0 Å². The third kappa shape index (κ3) is 1.48. The quantitative estimate of drug-likeness (QED) is 0.649. The summed E-state index contributed by atoms with van der Waals surface area (Å²) in [6.07, 6.45) is 0.429. The fourth-order valence-corrected chi connectivity index (χ4v) is 1.88. The number of rotatable bonds is 0. The highest BCUT2D eigenvalue weighted by Crippen LogP contribution is 2.29. The molecule has 3 heteroatoms. The van der Waals surface area contributed by atoms with Crippen LogP contribution in [-0.4, -0.2) is 16.5 Å². The maximum absolute atomic E-state index is 11.9. The Kier molecular flexibility index (Phi) is 2.18. The second-order valence-electron chi connectivity index (χ2n) is 4.09. The minimum Gasteiger partial charge on any atom is -0.294 e. The van der Waals surface area contributed by atoms with Crippen LogP contribution < -0.4 is 0 Å². The predicted molar refractivity (Wildman–Crippen MR) is 60.2 cm³/mol. The van der Waals surface area contributed by atoms with E-state index in [-0.39, 0.29) is 5.78 Å². The van der Waals surface area contributed by atoms with Crippen molar-refractivity contribution in [3.05, 3.63) is 22.4 Å². The van der Waals surface area contributed by atoms with Gasteiger partial charge in [-0.2, -0.15) is 0 Å². The topological polar surface area (TPSA) is 42.3 Å². The Morgan fingerprint density at radius 2 is 1.73 bits per heavy atom. The van der Waals surface area contributed by atoms with Crippen molar-refractivity contribution in [1.29, 1.82) is 0 Å². The summed E-state index contributed by atoms with van der Waals surface area (Å²) in [6, 6.07) is 0. The van der Waals surface area contributed by atoms with Gasteiger partial charge in [0.2, 0.25) is 0 Å². The van der Waals surface area contributed by atoms with Gasteiger partial charge in [-0.25, -0.2) is 9.98 Å². The van der Waals surface area contributed by atoms with Crippen molar-refractivity contribution in [2.24, 2.45) is 4.99 Å². The number of pyridine rings is 1. The third-order valence-corrected chi connectivity index (χ3v) is 2.97. The fraction of sp³-hybridized carbons (Fsp3) is 0.417. The molecule has 0 radical (unpaired) electrons. The van der Waals surface area contributed by atoms with E-state index >= 15 is 0 Å². The fourth-order valence-electron chi connectivity index (χ4n) is 1.88. The second kappa shape index (κ2) is 3.26. The summed E-state index contributed by atoms with van der Waals surface area (Å²) in [5, 5.41) is 0. The van der Waals surface area contributed by atoms with E-state index in [0.717, 1.165) is 22.5 Å². The highest BCUT2D eigenvalue weighted by atomic mass is 16.1. The summed E-state index contributed by atoms with van der Waals surface area (Å²) >= 11 is 0. The minimum absolute atomic E-state index is 0.144. The monoisotopic (exact) mass is 202 g/mol. The molecule has 0 N–H and O–H groups in total. The van der Waals surface area contributed by atoms with Crippen LogP contribution in [0.15, 0.2) is 4.99 Å². The van der Waals surface area contributed by atoms with Crippen LogP contribution in [0.5, 0.6) is 0 Å². The Labute approximate surface area is 89.3 Å². The molecule has 0 atom stereocenters. The average Bonchev–Trinajstić information content (AvgIpc) is 2.13. The minimum atomic E-state index is 0.144. The zero-order valence-electron chi connectivity index (χ0n) is 9.51. The molecule has 0 amide bonds. The first-order valence-electron chi connectivity index (χ1n) is 5.06. The largest absolute Gasteiger partial charge is 0.294 e. The second-order valence-corrected chi connectivity index (χ2v) is 4.09. The lowest BCUT2D eigenvalue weighted by Crippen LogP contribution is -2.14. The van der Waals surface area contributed by atoms with E-state index < -0.39 is 0 Å². The summed E-state index contributed by atoms with van der Waals surface area (Å²) in [7, 11) is 0. The molecule has 0 bridgehead atoms. The Bertz CT molecular complexity index is 487. The summed E-state index contributed by atoms with van der Waals surface area (Å²) in [5.41, 5.74) is 4.64. The van der Waals surface area contributed by atoms with Gasteiger partial charge >= 0.3 is 0 Å². The van der Waals surface area contributed by atoms with Crippen LogP contribution in [0, 0.1) is 20.8 Å². The van der Waals surface area contributed by atoms with Crippen molar-refractivity contribution in [3.63, 3.8) is 0 Å². The van der Waals surface area contributed by atoms with Gasteiger partial charge in [0, 0.05) is 17.8 Å². The first-order valence-corrected chi connectivity index (χ1v) is 5.06. The van der Waals surface area contributed by atoms with E-state index in [0.29, 0.717) is 17.8 Å². The number of hydrogen-bond donors (Lipinski definition) is 0. The molecule has 0 spiro atoms. The number of carbonyl (C=O) groups is 1. The van der Waals surface area contributed by atoms with Crippen LogP contribution in [-0.2, 0) is 0 Å². The Hall–Kier alpha value is -1.51. The number of ketones is 1. The molecule has 1 aliphatic heterocycles. The molecule has 0 unspecified atom stereocenters. The van der Waals surface area contributed by atoms with E-state index in [1.807, 2.05) is 27.7 Å². The molecule has 78 valence electrons. The maximum atomic E-state index is 11.9. The van der Waals surface area contributed by atoms with Gasteiger partial charge in [-0.3, -0.25) is 4.79 Å². The van der Waals surface area contributed by atoms with Gasteiger partial charge in [0.1, 0.15) is 0 Å². The molecule has 1 aromatic heterocycles. The SMILES string of the molecule is CC1=Nc2nc(C)c(C)c(C)c2C(=O)C1. The van der Waals surface area contributed by atoms with Gasteiger partial charge in [0.05, 0.1) is 5.56 Å². The van der Waals surface area contributed by atoms with Crippen LogP contribution in [0.3, 0.4) is 0 Å². The summed E-state index contributed by atoms with van der Waals surface area (Å²) < 4.78 is 0. The molecular weight excluding hydrogens is 188 g/mol. The lowest BCUT2D eigenvalue weighted by Gasteiger charge is -2.16. The Morgan fingerprint density at radius 3 is 2.40 bits per heavy atom. The summed E-state index contributed by atoms with van der Waals surface area (Å²) in [5.74, 6) is 0.745. The van der Waals surface area contributed by atoms with Gasteiger partial charge in [-0.15, -0.1) is 0 Å². The summed E-state index contributed by atoms with van der Waals surface area (Å²) in [4.78, 5) is 20.6. The van der Waals surface area contributed by atoms with Crippen LogP contribution >= 0.6 is 0 Å². The highest BCUT2D eigenvalue weighted by Gasteiger charge is 2.22. The van der Waals surface area contributed by atoms with Gasteiger partial charge in [-0.1, -0.05) is 0 Å². The average molecular weight is 202 g/mol. The molecule has 0 aliphatic carbocycles. The number of carbonyl (C=O) groups excluding carboxylic acids is 1. The standard InChI is InChI=1S/C12H14N2O/c1-6-5-10(15)11-8(3)7(2)9(4)14-12(11)13-6/h5H2,1-4H3. The number of nitrogens with zero attached hydrogens (tertiary/aromatic N) is 2. The van der Waals surface area contributed by atoms with E-state index in [1.54, 1.807) is 0 Å². The molecular formula is C12H14N2O. The van der Waals surface area contributed by atoms with E-state index in [2.05, 4.69) is 9.98 Å². The smallest absolute Gasteiger partial charge is 0.172 e. The molecule has 0 aromatic carbocycles. The van der Waals surface area contributed by atoms with Crippen molar-refractivity contribution in [2.75, 3.05) is 0 Å². The number of Topliss-reactive ketones (excluding diaryl/α,β-unsaturated/α-hetero) is 1. The number of fused-ring (bicyclic) bond motifs is 1. The highest BCUT2D eigenvalue weighted by molar-refractivity contribution is 6.15. The van der Waals surface area contributed by atoms with E-state index in [1.165, 1.54) is 0 Å². The van der Waals surface area contributed by atoms with Crippen LogP contribution in [0.4, 0.5) is 5.82 Å². The molecule has 2 rings (SSSR count). The van der Waals surface area contributed by atoms with Crippen molar-refractivity contribution in [1.82, 2.24) is 4.98 Å². The molecule has 0 saturated heterocycles. The molecule has 1 aromatic rings. The molecule has 0 fully saturated rings. The van der Waals surface area contributed by atoms with Gasteiger partial charge in [0.25, 0.3) is 0 Å². The zero-order valence-corrected chi connectivity index (χ0v) is 9.51. The Balaban J connectivity index is 2.78. The van der Waals surface area contributed by atoms with Crippen LogP contribution in [0.1, 0.15) is 40.5 Å². The lowest BCUT2D eigenvalue weighted by molar-refractivity contribution is 0.0998. The molecule has 3 nitrogen and oxygen atoms in total. The van der Waals surface area contributed by atoms with Gasteiger partial charge in [0.15, 0.2) is 11.6 Å². The summed E-state index contributed by atoms with van der Waals surface area (Å²) in [6.45, 7) is 7.78. The van der Waals surface area contributed by atoms with Crippen molar-refractivity contribution in [2.45, 2.75) is 34.1 Å². The molecule has 2 heterocycles. The first-order chi connectivity index (χ1) is 7.00. The first kappa shape index (κ1) is 10.0. The lowest BCUT2D eigenvalue weighted by atomic mass is 9.95. The number of hydrogen-bond acceptors (Lipinski definition) is 3. The van der Waals surface area contributed by atoms with Crippen molar-refractivity contribution >= 4 is 17.3 Å². The van der Waals surface area contributed by atoms with Crippen molar-refractivity contribution in [3.8, 4) is 0 Å². The van der Waals surface area contributed by atoms with Crippen molar-refractivity contribution < 1.29 is 4.79 Å². The molecule has 15 heavy (non-hydrogen) atoms. The number of aryl methyl sites for hydroxylation is 1. The van der Waals surface area contributed by atoms with E-state index in [4.69, 9.17) is 0 Å². The molecule has 0 saturated carbocycles. The van der Waals surface area contributed by atoms with Gasteiger partial charge in [-0.05, 0) is 38.8 Å². The predicted octanol–water partition coefficient (Wildman–Crippen LogP) is 2.69.